The lowest BCUT2D eigenvalue weighted by Crippen LogP contribution is -2.47. The number of rotatable bonds is 5. The molecule has 0 aliphatic carbocycles. The molecule has 1 fully saturated rings. The highest BCUT2D eigenvalue weighted by Gasteiger charge is 2.36. The molecule has 1 aromatic rings. The van der Waals surface area contributed by atoms with Crippen LogP contribution < -0.4 is 5.32 Å². The van der Waals surface area contributed by atoms with Gasteiger partial charge in [0, 0.05) is 18.7 Å². The molecule has 2 rings (SSSR count). The van der Waals surface area contributed by atoms with E-state index in [-0.39, 0.29) is 5.54 Å². The summed E-state index contributed by atoms with van der Waals surface area (Å²) in [6.07, 6.45) is 2.56. The first-order valence-electron chi connectivity index (χ1n) is 7.44. The van der Waals surface area contributed by atoms with Crippen LogP contribution in [0.15, 0.2) is 24.3 Å². The molecule has 1 saturated heterocycles. The quantitative estimate of drug-likeness (QED) is 0.875. The van der Waals surface area contributed by atoms with E-state index in [2.05, 4.69) is 57.3 Å². The number of hydrogen-bond donors (Lipinski definition) is 1. The third-order valence-electron chi connectivity index (χ3n) is 4.25. The van der Waals surface area contributed by atoms with E-state index < -0.39 is 0 Å². The Hall–Kier alpha value is -0.860. The summed E-state index contributed by atoms with van der Waals surface area (Å²) in [5.74, 6) is 0.722. The first-order valence-corrected chi connectivity index (χ1v) is 7.44. The Balaban J connectivity index is 1.89. The van der Waals surface area contributed by atoms with Gasteiger partial charge >= 0.3 is 0 Å². The van der Waals surface area contributed by atoms with E-state index in [9.17, 15) is 0 Å². The first kappa shape index (κ1) is 14.5. The topological polar surface area (TPSA) is 21.3 Å². The average molecular weight is 261 g/mol. The molecule has 1 aromatic carbocycles. The molecule has 0 bridgehead atoms. The molecule has 1 N–H and O–H groups in total. The van der Waals surface area contributed by atoms with E-state index >= 15 is 0 Å². The van der Waals surface area contributed by atoms with Gasteiger partial charge in [0.05, 0.1) is 6.10 Å². The maximum Gasteiger partial charge on any atom is 0.0726 e. The standard InChI is InChI=1S/C17H27NO/c1-13(2)11-15-5-7-16(8-6-15)12-18-17(4)9-10-19-14(17)3/h5-8,13-14,18H,9-12H2,1-4H3. The van der Waals surface area contributed by atoms with Crippen molar-refractivity contribution in [1.82, 2.24) is 5.32 Å². The third-order valence-corrected chi connectivity index (χ3v) is 4.25. The molecule has 0 radical (unpaired) electrons. The van der Waals surface area contributed by atoms with Crippen molar-refractivity contribution in [2.24, 2.45) is 5.92 Å². The zero-order valence-electron chi connectivity index (χ0n) is 12.7. The minimum atomic E-state index is 0.122. The maximum absolute atomic E-state index is 5.66. The third kappa shape index (κ3) is 3.80. The molecule has 2 nitrogen and oxygen atoms in total. The van der Waals surface area contributed by atoms with Crippen molar-refractivity contribution in [3.63, 3.8) is 0 Å². The lowest BCUT2D eigenvalue weighted by molar-refractivity contribution is 0.0881. The Morgan fingerprint density at radius 1 is 1.26 bits per heavy atom. The maximum atomic E-state index is 5.66. The number of ether oxygens (including phenoxy) is 1. The summed E-state index contributed by atoms with van der Waals surface area (Å²) in [5.41, 5.74) is 2.91. The molecule has 2 heteroatoms. The highest BCUT2D eigenvalue weighted by atomic mass is 16.5. The van der Waals surface area contributed by atoms with Crippen molar-refractivity contribution in [2.75, 3.05) is 6.61 Å². The van der Waals surface area contributed by atoms with Gasteiger partial charge in [0.1, 0.15) is 0 Å². The van der Waals surface area contributed by atoms with Crippen LogP contribution >= 0.6 is 0 Å². The molecule has 2 atom stereocenters. The molecule has 1 aliphatic heterocycles. The van der Waals surface area contributed by atoms with Crippen molar-refractivity contribution < 1.29 is 4.74 Å². The molecule has 19 heavy (non-hydrogen) atoms. The van der Waals surface area contributed by atoms with Gasteiger partial charge in [-0.3, -0.25) is 0 Å². The SMILES string of the molecule is CC(C)Cc1ccc(CNC2(C)CCOC2C)cc1. The van der Waals surface area contributed by atoms with E-state index in [4.69, 9.17) is 4.74 Å². The van der Waals surface area contributed by atoms with E-state index in [0.29, 0.717) is 6.10 Å². The van der Waals surface area contributed by atoms with Gasteiger partial charge in [0.25, 0.3) is 0 Å². The summed E-state index contributed by atoms with van der Waals surface area (Å²) in [6.45, 7) is 10.7. The fourth-order valence-corrected chi connectivity index (χ4v) is 2.64. The fourth-order valence-electron chi connectivity index (χ4n) is 2.64. The predicted octanol–water partition coefficient (Wildman–Crippen LogP) is 3.54. The van der Waals surface area contributed by atoms with Gasteiger partial charge in [-0.25, -0.2) is 0 Å². The largest absolute Gasteiger partial charge is 0.377 e. The molecule has 106 valence electrons. The van der Waals surface area contributed by atoms with Crippen LogP contribution in [0.1, 0.15) is 45.2 Å². The van der Waals surface area contributed by atoms with Gasteiger partial charge < -0.3 is 10.1 Å². The zero-order chi connectivity index (χ0) is 13.9. The van der Waals surface area contributed by atoms with Crippen molar-refractivity contribution in [2.45, 2.75) is 58.7 Å². The van der Waals surface area contributed by atoms with Gasteiger partial charge in [-0.15, -0.1) is 0 Å². The van der Waals surface area contributed by atoms with Crippen LogP contribution in [0.2, 0.25) is 0 Å². The van der Waals surface area contributed by atoms with Crippen LogP contribution in [0.4, 0.5) is 0 Å². The van der Waals surface area contributed by atoms with Gasteiger partial charge in [-0.1, -0.05) is 38.1 Å². The summed E-state index contributed by atoms with van der Waals surface area (Å²) in [7, 11) is 0. The second kappa shape index (κ2) is 6.06. The Morgan fingerprint density at radius 2 is 1.89 bits per heavy atom. The fraction of sp³-hybridized carbons (Fsp3) is 0.647. The smallest absolute Gasteiger partial charge is 0.0726 e. The highest BCUT2D eigenvalue weighted by molar-refractivity contribution is 5.23. The summed E-state index contributed by atoms with van der Waals surface area (Å²) < 4.78 is 5.66. The van der Waals surface area contributed by atoms with Crippen LogP contribution in [0.25, 0.3) is 0 Å². The number of benzene rings is 1. The minimum absolute atomic E-state index is 0.122. The molecule has 1 aliphatic rings. The monoisotopic (exact) mass is 261 g/mol. The van der Waals surface area contributed by atoms with Crippen LogP contribution in [-0.2, 0) is 17.7 Å². The molecule has 0 saturated carbocycles. The van der Waals surface area contributed by atoms with Crippen molar-refractivity contribution in [3.05, 3.63) is 35.4 Å². The van der Waals surface area contributed by atoms with Crippen LogP contribution in [0, 0.1) is 5.92 Å². The Kier molecular flexibility index (Phi) is 4.64. The first-order chi connectivity index (χ1) is 8.99. The van der Waals surface area contributed by atoms with Crippen LogP contribution in [-0.4, -0.2) is 18.2 Å². The molecule has 2 unspecified atom stereocenters. The van der Waals surface area contributed by atoms with Crippen molar-refractivity contribution >= 4 is 0 Å². The van der Waals surface area contributed by atoms with Crippen molar-refractivity contribution in [1.29, 1.82) is 0 Å². The lowest BCUT2D eigenvalue weighted by atomic mass is 9.94. The highest BCUT2D eigenvalue weighted by Crippen LogP contribution is 2.25. The predicted molar refractivity (Wildman–Crippen MR) is 80.3 cm³/mol. The Morgan fingerprint density at radius 3 is 2.42 bits per heavy atom. The normalized spacial score (nSPS) is 27.1. The summed E-state index contributed by atoms with van der Waals surface area (Å²) in [4.78, 5) is 0. The molecular formula is C17H27NO. The molecule has 0 aromatic heterocycles. The lowest BCUT2D eigenvalue weighted by Gasteiger charge is -2.29. The Labute approximate surface area is 117 Å². The zero-order valence-corrected chi connectivity index (χ0v) is 12.7. The summed E-state index contributed by atoms with van der Waals surface area (Å²) in [5, 5.41) is 3.66. The second-order valence-electron chi connectivity index (χ2n) is 6.45. The summed E-state index contributed by atoms with van der Waals surface area (Å²) >= 11 is 0. The number of hydrogen-bond acceptors (Lipinski definition) is 2. The molecule has 1 heterocycles. The minimum Gasteiger partial charge on any atom is -0.377 e. The van der Waals surface area contributed by atoms with E-state index in [1.165, 1.54) is 11.1 Å². The molecule has 0 amide bonds. The van der Waals surface area contributed by atoms with E-state index in [1.807, 2.05) is 0 Å². The van der Waals surface area contributed by atoms with Gasteiger partial charge in [-0.05, 0) is 43.7 Å². The van der Waals surface area contributed by atoms with E-state index in [0.717, 1.165) is 31.9 Å². The van der Waals surface area contributed by atoms with Gasteiger partial charge in [0.2, 0.25) is 0 Å². The van der Waals surface area contributed by atoms with Gasteiger partial charge in [0.15, 0.2) is 0 Å². The number of nitrogens with one attached hydrogen (secondary N) is 1. The average Bonchev–Trinajstić information content (AvgIpc) is 2.69. The second-order valence-corrected chi connectivity index (χ2v) is 6.45. The van der Waals surface area contributed by atoms with Crippen LogP contribution in [0.5, 0.6) is 0 Å². The van der Waals surface area contributed by atoms with Gasteiger partial charge in [-0.2, -0.15) is 0 Å². The molecule has 0 spiro atoms. The van der Waals surface area contributed by atoms with Crippen molar-refractivity contribution in [3.8, 4) is 0 Å². The molecular weight excluding hydrogens is 234 g/mol. The van der Waals surface area contributed by atoms with Crippen LogP contribution in [0.3, 0.4) is 0 Å². The summed E-state index contributed by atoms with van der Waals surface area (Å²) in [6, 6.07) is 9.00. The Bertz CT molecular complexity index is 398. The van der Waals surface area contributed by atoms with E-state index in [1.54, 1.807) is 0 Å².